The van der Waals surface area contributed by atoms with Crippen molar-refractivity contribution in [1.82, 2.24) is 0 Å². The van der Waals surface area contributed by atoms with Gasteiger partial charge in [0.15, 0.2) is 0 Å². The lowest BCUT2D eigenvalue weighted by Crippen LogP contribution is -2.32. The molecule has 0 radical (unpaired) electrons. The van der Waals surface area contributed by atoms with Crippen LogP contribution in [0.15, 0.2) is 18.2 Å². The topological polar surface area (TPSA) is 75.6 Å². The van der Waals surface area contributed by atoms with Crippen molar-refractivity contribution in [2.75, 3.05) is 12.4 Å². The standard InChI is InChI=1S/C17H22ClNO4/c1-23-14-6-5-12(18)9-13(14)19-15(20)10-17(11-16(21)22)7-3-2-4-8-17/h5-6,9H,2-4,7-8,10-11H2,1H3,(H,19,20)(H,21,22). The van der Waals surface area contributed by atoms with Gasteiger partial charge in [-0.1, -0.05) is 30.9 Å². The molecule has 5 nitrogen and oxygen atoms in total. The first-order chi connectivity index (χ1) is 10.9. The second-order valence-corrected chi connectivity index (χ2v) is 6.64. The van der Waals surface area contributed by atoms with E-state index in [1.54, 1.807) is 18.2 Å². The first kappa shape index (κ1) is 17.6. The van der Waals surface area contributed by atoms with Gasteiger partial charge in [0.2, 0.25) is 5.91 Å². The van der Waals surface area contributed by atoms with Gasteiger partial charge < -0.3 is 15.2 Å². The molecule has 1 aromatic carbocycles. The Bertz CT molecular complexity index is 582. The zero-order valence-corrected chi connectivity index (χ0v) is 14.0. The van der Waals surface area contributed by atoms with E-state index < -0.39 is 11.4 Å². The maximum absolute atomic E-state index is 12.4. The molecule has 0 atom stereocenters. The normalized spacial score (nSPS) is 16.6. The molecule has 23 heavy (non-hydrogen) atoms. The summed E-state index contributed by atoms with van der Waals surface area (Å²) in [7, 11) is 1.52. The third kappa shape index (κ3) is 4.86. The molecule has 126 valence electrons. The van der Waals surface area contributed by atoms with Crippen LogP contribution in [-0.4, -0.2) is 24.1 Å². The minimum Gasteiger partial charge on any atom is -0.495 e. The van der Waals surface area contributed by atoms with Crippen LogP contribution in [0.25, 0.3) is 0 Å². The highest BCUT2D eigenvalue weighted by molar-refractivity contribution is 6.31. The van der Waals surface area contributed by atoms with Gasteiger partial charge in [-0.15, -0.1) is 0 Å². The third-order valence-corrected chi connectivity index (χ3v) is 4.65. The van der Waals surface area contributed by atoms with Crippen LogP contribution in [0, 0.1) is 5.41 Å². The van der Waals surface area contributed by atoms with E-state index in [1.165, 1.54) is 7.11 Å². The number of amides is 1. The number of anilines is 1. The Hall–Kier alpha value is -1.75. The minimum absolute atomic E-state index is 0.0348. The molecule has 1 fully saturated rings. The Labute approximate surface area is 141 Å². The number of nitrogens with one attached hydrogen (secondary N) is 1. The molecule has 1 saturated carbocycles. The lowest BCUT2D eigenvalue weighted by Gasteiger charge is -2.35. The smallest absolute Gasteiger partial charge is 0.303 e. The van der Waals surface area contributed by atoms with Crippen molar-refractivity contribution in [1.29, 1.82) is 0 Å². The highest BCUT2D eigenvalue weighted by Crippen LogP contribution is 2.42. The van der Waals surface area contributed by atoms with Gasteiger partial charge in [-0.2, -0.15) is 0 Å². The number of halogens is 1. The molecule has 0 unspecified atom stereocenters. The van der Waals surface area contributed by atoms with Gasteiger partial charge in [0.25, 0.3) is 0 Å². The number of carboxylic acid groups (broad SMARTS) is 1. The first-order valence-electron chi connectivity index (χ1n) is 7.79. The quantitative estimate of drug-likeness (QED) is 0.818. The molecule has 1 amide bonds. The zero-order chi connectivity index (χ0) is 16.9. The number of benzene rings is 1. The van der Waals surface area contributed by atoms with Crippen molar-refractivity contribution < 1.29 is 19.4 Å². The van der Waals surface area contributed by atoms with Crippen LogP contribution >= 0.6 is 11.6 Å². The number of rotatable bonds is 6. The number of methoxy groups -OCH3 is 1. The van der Waals surface area contributed by atoms with Crippen molar-refractivity contribution in [2.24, 2.45) is 5.41 Å². The van der Waals surface area contributed by atoms with Crippen LogP contribution in [0.3, 0.4) is 0 Å². The van der Waals surface area contributed by atoms with Crippen molar-refractivity contribution in [3.8, 4) is 5.75 Å². The number of carboxylic acids is 1. The van der Waals surface area contributed by atoms with Gasteiger partial charge in [-0.25, -0.2) is 0 Å². The Morgan fingerprint density at radius 1 is 1.26 bits per heavy atom. The second-order valence-electron chi connectivity index (χ2n) is 6.20. The van der Waals surface area contributed by atoms with Crippen LogP contribution in [0.1, 0.15) is 44.9 Å². The molecule has 2 N–H and O–H groups in total. The lowest BCUT2D eigenvalue weighted by molar-refractivity contribution is -0.140. The van der Waals surface area contributed by atoms with Crippen molar-refractivity contribution >= 4 is 29.2 Å². The summed E-state index contributed by atoms with van der Waals surface area (Å²) >= 11 is 5.96. The van der Waals surface area contributed by atoms with Crippen LogP contribution in [0.4, 0.5) is 5.69 Å². The number of hydrogen-bond acceptors (Lipinski definition) is 3. The SMILES string of the molecule is COc1ccc(Cl)cc1NC(=O)CC1(CC(=O)O)CCCCC1. The summed E-state index contributed by atoms with van der Waals surface area (Å²) in [5.41, 5.74) is 0.0614. The van der Waals surface area contributed by atoms with Gasteiger partial charge in [0.05, 0.1) is 19.2 Å². The summed E-state index contributed by atoms with van der Waals surface area (Å²) in [4.78, 5) is 23.6. The number of aliphatic carboxylic acids is 1. The van der Waals surface area contributed by atoms with E-state index in [2.05, 4.69) is 5.32 Å². The Morgan fingerprint density at radius 2 is 1.96 bits per heavy atom. The molecule has 1 aromatic rings. The maximum atomic E-state index is 12.4. The summed E-state index contributed by atoms with van der Waals surface area (Å²) in [5.74, 6) is -0.521. The average Bonchev–Trinajstić information content (AvgIpc) is 2.47. The summed E-state index contributed by atoms with van der Waals surface area (Å²) in [6, 6.07) is 5.00. The Kier molecular flexibility index (Phi) is 5.88. The van der Waals surface area contributed by atoms with Crippen molar-refractivity contribution in [3.63, 3.8) is 0 Å². The summed E-state index contributed by atoms with van der Waals surface area (Å²) in [6.07, 6.45) is 4.84. The predicted octanol–water partition coefficient (Wildman–Crippen LogP) is 4.10. The third-order valence-electron chi connectivity index (χ3n) is 4.41. The van der Waals surface area contributed by atoms with Gasteiger partial charge in [-0.3, -0.25) is 9.59 Å². The number of carbonyl (C=O) groups excluding carboxylic acids is 1. The average molecular weight is 340 g/mol. The fourth-order valence-corrected chi connectivity index (χ4v) is 3.52. The van der Waals surface area contributed by atoms with E-state index in [1.807, 2.05) is 0 Å². The monoisotopic (exact) mass is 339 g/mol. The van der Waals surface area contributed by atoms with E-state index in [4.69, 9.17) is 16.3 Å². The fourth-order valence-electron chi connectivity index (χ4n) is 3.35. The highest BCUT2D eigenvalue weighted by atomic mass is 35.5. The summed E-state index contributed by atoms with van der Waals surface area (Å²) < 4.78 is 5.21. The van der Waals surface area contributed by atoms with Crippen LogP contribution in [0.2, 0.25) is 5.02 Å². The van der Waals surface area contributed by atoms with E-state index in [0.717, 1.165) is 32.1 Å². The molecule has 6 heteroatoms. The lowest BCUT2D eigenvalue weighted by atomic mass is 9.69. The van der Waals surface area contributed by atoms with Gasteiger partial charge in [0.1, 0.15) is 5.75 Å². The Morgan fingerprint density at radius 3 is 2.57 bits per heavy atom. The van der Waals surface area contributed by atoms with Crippen LogP contribution in [0.5, 0.6) is 5.75 Å². The molecular formula is C17H22ClNO4. The molecule has 0 heterocycles. The Balaban J connectivity index is 2.10. The largest absolute Gasteiger partial charge is 0.495 e. The van der Waals surface area contributed by atoms with Crippen molar-refractivity contribution in [2.45, 2.75) is 44.9 Å². The summed E-state index contributed by atoms with van der Waals surface area (Å²) in [5, 5.41) is 12.5. The first-order valence-corrected chi connectivity index (χ1v) is 8.17. The van der Waals surface area contributed by atoms with E-state index >= 15 is 0 Å². The molecule has 0 aromatic heterocycles. The molecule has 1 aliphatic rings. The summed E-state index contributed by atoms with van der Waals surface area (Å²) in [6.45, 7) is 0. The second kappa shape index (κ2) is 7.68. The maximum Gasteiger partial charge on any atom is 0.303 e. The minimum atomic E-state index is -0.847. The molecule has 0 saturated heterocycles. The molecular weight excluding hydrogens is 318 g/mol. The molecule has 0 aliphatic heterocycles. The predicted molar refractivity (Wildman–Crippen MR) is 89.0 cm³/mol. The number of hydrogen-bond donors (Lipinski definition) is 2. The van der Waals surface area contributed by atoms with Crippen molar-refractivity contribution in [3.05, 3.63) is 23.2 Å². The van der Waals surface area contributed by atoms with Gasteiger partial charge in [0, 0.05) is 11.4 Å². The van der Waals surface area contributed by atoms with E-state index in [-0.39, 0.29) is 18.7 Å². The highest BCUT2D eigenvalue weighted by Gasteiger charge is 2.36. The zero-order valence-electron chi connectivity index (χ0n) is 13.2. The van der Waals surface area contributed by atoms with Gasteiger partial charge in [-0.05, 0) is 36.5 Å². The fraction of sp³-hybridized carbons (Fsp3) is 0.529. The van der Waals surface area contributed by atoms with Gasteiger partial charge >= 0.3 is 5.97 Å². The van der Waals surface area contributed by atoms with Crippen LogP contribution < -0.4 is 10.1 Å². The van der Waals surface area contributed by atoms with E-state index in [0.29, 0.717) is 16.5 Å². The number of carbonyl (C=O) groups is 2. The molecule has 2 rings (SSSR count). The number of ether oxygens (including phenoxy) is 1. The van der Waals surface area contributed by atoms with E-state index in [9.17, 15) is 14.7 Å². The van der Waals surface area contributed by atoms with Crippen LogP contribution in [-0.2, 0) is 9.59 Å². The molecule has 1 aliphatic carbocycles. The molecule has 0 bridgehead atoms. The molecule has 0 spiro atoms.